The summed E-state index contributed by atoms with van der Waals surface area (Å²) in [7, 11) is 3.93. The summed E-state index contributed by atoms with van der Waals surface area (Å²) in [6.07, 6.45) is 5.79. The molecule has 4 atom stereocenters. The van der Waals surface area contributed by atoms with Gasteiger partial charge < -0.3 is 10.2 Å². The second kappa shape index (κ2) is 13.2. The van der Waals surface area contributed by atoms with E-state index in [9.17, 15) is 9.59 Å². The van der Waals surface area contributed by atoms with Crippen LogP contribution in [0.5, 0.6) is 0 Å². The van der Waals surface area contributed by atoms with Gasteiger partial charge in [-0.1, -0.05) is 41.0 Å². The van der Waals surface area contributed by atoms with Gasteiger partial charge in [0.15, 0.2) is 0 Å². The molecule has 2 aliphatic rings. The molecule has 0 bridgehead atoms. The second-order valence-corrected chi connectivity index (χ2v) is 11.1. The molecule has 2 amide bonds. The Morgan fingerprint density at radius 2 is 1.70 bits per heavy atom. The molecule has 0 saturated carbocycles. The highest BCUT2D eigenvalue weighted by molar-refractivity contribution is 5.90. The van der Waals surface area contributed by atoms with Gasteiger partial charge in [-0.3, -0.25) is 19.4 Å². The van der Waals surface area contributed by atoms with Crippen molar-refractivity contribution >= 4 is 18.0 Å². The summed E-state index contributed by atoms with van der Waals surface area (Å²) in [6.45, 7) is 15.7. The first-order valence-electron chi connectivity index (χ1n) is 12.4. The number of likely N-dealkylation sites (tertiary alicyclic amines) is 2. The normalized spacial score (nSPS) is 23.8. The van der Waals surface area contributed by atoms with Crippen molar-refractivity contribution < 1.29 is 19.2 Å². The van der Waals surface area contributed by atoms with Gasteiger partial charge in [-0.25, -0.2) is 0 Å². The molecule has 1 N–H and O–H groups in total. The minimum Gasteiger partial charge on any atom is -0.342 e. The number of hydrogen-bond acceptors (Lipinski definition) is 6. The molecule has 2 saturated heterocycles. The fourth-order valence-corrected chi connectivity index (χ4v) is 4.95. The maximum Gasteiger partial charge on any atom is 0.373 e. The van der Waals surface area contributed by atoms with E-state index >= 15 is 0 Å². The average molecular weight is 467 g/mol. The van der Waals surface area contributed by atoms with Crippen molar-refractivity contribution in [3.63, 3.8) is 0 Å². The van der Waals surface area contributed by atoms with Gasteiger partial charge in [-0.15, -0.1) is 0 Å². The number of amides is 2. The van der Waals surface area contributed by atoms with Crippen LogP contribution in [0.1, 0.15) is 73.6 Å². The van der Waals surface area contributed by atoms with Gasteiger partial charge in [-0.2, -0.15) is 9.59 Å². The number of carbonyl (C=O) groups is 2. The van der Waals surface area contributed by atoms with Gasteiger partial charge in [0, 0.05) is 25.7 Å². The molecule has 8 heteroatoms. The SMILES string of the molecule is CC(C)[C@@H](CN1CCC[C@H]1C)N(C)C(=O)[C@@H](NC(=O)C1CCCCN1C)C(C)(C)C.O=C=O. The standard InChI is InChI=1S/C24H46N4O2.CO2/c1-17(2)20(16-28-15-11-12-18(28)3)27(8)23(30)21(24(4,5)6)25-22(29)19-13-9-10-14-26(19)7;2-1-3/h17-21H,9-16H2,1-8H3,(H,25,29);/t18-,19?,20-,21-;/m1./s1. The van der Waals surface area contributed by atoms with E-state index in [1.54, 1.807) is 0 Å². The van der Waals surface area contributed by atoms with Crippen molar-refractivity contribution in [1.82, 2.24) is 20.0 Å². The van der Waals surface area contributed by atoms with Crippen LogP contribution in [0.4, 0.5) is 0 Å². The Hall–Kier alpha value is -1.76. The maximum absolute atomic E-state index is 13.7. The molecule has 8 nitrogen and oxygen atoms in total. The zero-order valence-electron chi connectivity index (χ0n) is 22.0. The van der Waals surface area contributed by atoms with Crippen molar-refractivity contribution in [2.24, 2.45) is 11.3 Å². The third-order valence-corrected chi connectivity index (χ3v) is 7.20. The van der Waals surface area contributed by atoms with Crippen LogP contribution in [0.3, 0.4) is 0 Å². The van der Waals surface area contributed by atoms with E-state index in [-0.39, 0.29) is 35.5 Å². The van der Waals surface area contributed by atoms with Crippen LogP contribution in [0, 0.1) is 11.3 Å². The predicted molar refractivity (Wildman–Crippen MR) is 128 cm³/mol. The molecular weight excluding hydrogens is 420 g/mol. The average Bonchev–Trinajstić information content (AvgIpc) is 3.13. The number of nitrogens with one attached hydrogen (secondary N) is 1. The first-order valence-corrected chi connectivity index (χ1v) is 12.4. The minimum absolute atomic E-state index is 0.00635. The van der Waals surface area contributed by atoms with Gasteiger partial charge in [0.05, 0.1) is 6.04 Å². The summed E-state index contributed by atoms with van der Waals surface area (Å²) in [5, 5.41) is 3.15. The highest BCUT2D eigenvalue weighted by Gasteiger charge is 2.39. The minimum atomic E-state index is -0.525. The van der Waals surface area contributed by atoms with E-state index < -0.39 is 6.04 Å². The number of piperidine rings is 1. The summed E-state index contributed by atoms with van der Waals surface area (Å²) >= 11 is 0. The first-order chi connectivity index (χ1) is 15.3. The van der Waals surface area contributed by atoms with Gasteiger partial charge in [-0.05, 0) is 64.1 Å². The van der Waals surface area contributed by atoms with E-state index in [1.807, 2.05) is 39.8 Å². The summed E-state index contributed by atoms with van der Waals surface area (Å²) in [5.74, 6) is 0.376. The van der Waals surface area contributed by atoms with Gasteiger partial charge in [0.2, 0.25) is 11.8 Å². The fourth-order valence-electron chi connectivity index (χ4n) is 4.95. The van der Waals surface area contributed by atoms with Gasteiger partial charge in [0.1, 0.15) is 6.04 Å². The molecule has 0 aliphatic carbocycles. The Kier molecular flexibility index (Phi) is 11.7. The zero-order chi connectivity index (χ0) is 25.3. The van der Waals surface area contributed by atoms with Crippen LogP contribution in [0.15, 0.2) is 0 Å². The number of likely N-dealkylation sites (N-methyl/N-ethyl adjacent to an activating group) is 2. The van der Waals surface area contributed by atoms with Gasteiger partial charge in [0.25, 0.3) is 0 Å². The molecule has 2 rings (SSSR count). The van der Waals surface area contributed by atoms with Crippen LogP contribution >= 0.6 is 0 Å². The smallest absolute Gasteiger partial charge is 0.342 e. The summed E-state index contributed by atoms with van der Waals surface area (Å²) in [4.78, 5) is 49.6. The Morgan fingerprint density at radius 1 is 1.09 bits per heavy atom. The molecule has 0 aromatic carbocycles. The van der Waals surface area contributed by atoms with Crippen molar-refractivity contribution in [2.75, 3.05) is 33.7 Å². The highest BCUT2D eigenvalue weighted by Crippen LogP contribution is 2.26. The van der Waals surface area contributed by atoms with E-state index in [2.05, 4.69) is 35.9 Å². The van der Waals surface area contributed by atoms with E-state index in [0.717, 1.165) is 38.9 Å². The lowest BCUT2D eigenvalue weighted by molar-refractivity contribution is -0.191. The lowest BCUT2D eigenvalue weighted by Crippen LogP contribution is -2.60. The Morgan fingerprint density at radius 3 is 2.15 bits per heavy atom. The predicted octanol–water partition coefficient (Wildman–Crippen LogP) is 2.39. The molecular formula is C25H46N4O4. The van der Waals surface area contributed by atoms with Crippen LogP contribution < -0.4 is 5.32 Å². The van der Waals surface area contributed by atoms with E-state index in [0.29, 0.717) is 12.0 Å². The number of carbonyl (C=O) groups excluding carboxylic acids is 4. The third-order valence-electron chi connectivity index (χ3n) is 7.20. The van der Waals surface area contributed by atoms with Crippen LogP contribution in [0.2, 0.25) is 0 Å². The molecule has 0 radical (unpaired) electrons. The van der Waals surface area contributed by atoms with Crippen molar-refractivity contribution in [3.8, 4) is 0 Å². The number of rotatable bonds is 7. The highest BCUT2D eigenvalue weighted by atomic mass is 16.2. The maximum atomic E-state index is 13.7. The molecule has 0 spiro atoms. The van der Waals surface area contributed by atoms with E-state index in [4.69, 9.17) is 9.59 Å². The fraction of sp³-hybridized carbons (Fsp3) is 0.880. The largest absolute Gasteiger partial charge is 0.373 e. The molecule has 2 fully saturated rings. The van der Waals surface area contributed by atoms with Gasteiger partial charge >= 0.3 is 6.15 Å². The lowest BCUT2D eigenvalue weighted by atomic mass is 9.84. The summed E-state index contributed by atoms with van der Waals surface area (Å²) < 4.78 is 0. The zero-order valence-corrected chi connectivity index (χ0v) is 22.0. The molecule has 2 heterocycles. The first kappa shape index (κ1) is 29.3. The quantitative estimate of drug-likeness (QED) is 0.620. The van der Waals surface area contributed by atoms with Crippen LogP contribution in [-0.4, -0.2) is 90.6 Å². The Labute approximate surface area is 200 Å². The molecule has 1 unspecified atom stereocenters. The molecule has 0 aromatic rings. The summed E-state index contributed by atoms with van der Waals surface area (Å²) in [6, 6.07) is 0.0579. The van der Waals surface area contributed by atoms with Crippen molar-refractivity contribution in [1.29, 1.82) is 0 Å². The van der Waals surface area contributed by atoms with Crippen molar-refractivity contribution in [2.45, 2.75) is 97.8 Å². The Balaban J connectivity index is 0.00000172. The molecule has 190 valence electrons. The number of nitrogens with zero attached hydrogens (tertiary/aromatic N) is 3. The number of hydrogen-bond donors (Lipinski definition) is 1. The topological polar surface area (TPSA) is 90.0 Å². The third kappa shape index (κ3) is 8.51. The summed E-state index contributed by atoms with van der Waals surface area (Å²) in [5.41, 5.74) is -0.350. The molecule has 0 aromatic heterocycles. The van der Waals surface area contributed by atoms with E-state index in [1.165, 1.54) is 12.8 Å². The molecule has 2 aliphatic heterocycles. The monoisotopic (exact) mass is 466 g/mol. The van der Waals surface area contributed by atoms with Crippen molar-refractivity contribution in [3.05, 3.63) is 0 Å². The molecule has 33 heavy (non-hydrogen) atoms. The van der Waals surface area contributed by atoms with Crippen LogP contribution in [-0.2, 0) is 19.2 Å². The Bertz CT molecular complexity index is 670. The lowest BCUT2D eigenvalue weighted by Gasteiger charge is -2.41. The van der Waals surface area contributed by atoms with Crippen LogP contribution in [0.25, 0.3) is 0 Å². The second-order valence-electron chi connectivity index (χ2n) is 11.1.